The van der Waals surface area contributed by atoms with Crippen LogP contribution in [0.3, 0.4) is 0 Å². The summed E-state index contributed by atoms with van der Waals surface area (Å²) in [4.78, 5) is 24.0. The van der Waals surface area contributed by atoms with Crippen LogP contribution in [-0.2, 0) is 0 Å². The number of nitrogens with two attached hydrogens (primary N) is 1. The monoisotopic (exact) mass is 367 g/mol. The molecule has 7 nitrogen and oxygen atoms in total. The molecule has 0 aliphatic rings. The molecule has 0 aliphatic heterocycles. The van der Waals surface area contributed by atoms with Crippen molar-refractivity contribution in [3.8, 4) is 11.4 Å². The summed E-state index contributed by atoms with van der Waals surface area (Å²) < 4.78 is 5.33. The van der Waals surface area contributed by atoms with E-state index in [1.54, 1.807) is 43.3 Å². The molecule has 3 aromatic heterocycles. The number of aromatic nitrogens is 3. The lowest BCUT2D eigenvalue weighted by Crippen LogP contribution is -2.10. The Labute approximate surface area is 153 Å². The number of halogens is 1. The highest BCUT2D eigenvalue weighted by molar-refractivity contribution is 6.33. The molecule has 0 radical (unpaired) electrons. The number of aryl methyl sites for hydroxylation is 1. The number of anilines is 2. The average molecular weight is 368 g/mol. The van der Waals surface area contributed by atoms with Crippen LogP contribution < -0.4 is 11.1 Å². The van der Waals surface area contributed by atoms with Gasteiger partial charge in [-0.3, -0.25) is 4.79 Å². The largest absolute Gasteiger partial charge is 0.456 e. The Morgan fingerprint density at radius 1 is 1.27 bits per heavy atom. The van der Waals surface area contributed by atoms with Gasteiger partial charge in [-0.15, -0.1) is 0 Å². The first-order chi connectivity index (χ1) is 12.5. The van der Waals surface area contributed by atoms with Gasteiger partial charge in [-0.1, -0.05) is 11.6 Å². The summed E-state index contributed by atoms with van der Waals surface area (Å²) in [6, 6.07) is 10.2. The van der Waals surface area contributed by atoms with Crippen LogP contribution in [0.15, 0.2) is 47.0 Å². The number of nitrogens with zero attached hydrogens (tertiary/aromatic N) is 2. The van der Waals surface area contributed by atoms with Crippen molar-refractivity contribution in [1.82, 2.24) is 15.0 Å². The number of imidazole rings is 1. The highest BCUT2D eigenvalue weighted by atomic mass is 35.5. The van der Waals surface area contributed by atoms with Crippen LogP contribution >= 0.6 is 11.6 Å². The molecule has 8 heteroatoms. The van der Waals surface area contributed by atoms with Crippen LogP contribution in [0.1, 0.15) is 16.3 Å². The molecule has 0 saturated carbocycles. The summed E-state index contributed by atoms with van der Waals surface area (Å²) in [5.41, 5.74) is 8.72. The van der Waals surface area contributed by atoms with Crippen molar-refractivity contribution in [3.63, 3.8) is 0 Å². The smallest absolute Gasteiger partial charge is 0.291 e. The van der Waals surface area contributed by atoms with Crippen molar-refractivity contribution >= 4 is 40.0 Å². The maximum absolute atomic E-state index is 12.3. The number of amides is 1. The molecule has 0 saturated heterocycles. The minimum atomic E-state index is -0.342. The molecular formula is C18H14ClN5O2. The molecule has 26 heavy (non-hydrogen) atoms. The molecule has 1 aromatic carbocycles. The summed E-state index contributed by atoms with van der Waals surface area (Å²) in [5, 5.41) is 3.27. The topological polar surface area (TPSA) is 110 Å². The molecular weight excluding hydrogens is 354 g/mol. The summed E-state index contributed by atoms with van der Waals surface area (Å²) in [5.74, 6) is 1.10. The molecule has 4 aromatic rings. The highest BCUT2D eigenvalue weighted by Gasteiger charge is 2.14. The Morgan fingerprint density at radius 2 is 2.12 bits per heavy atom. The molecule has 0 bridgehead atoms. The second-order valence-electron chi connectivity index (χ2n) is 5.78. The lowest BCUT2D eigenvalue weighted by atomic mass is 10.2. The first-order valence-corrected chi connectivity index (χ1v) is 8.16. The van der Waals surface area contributed by atoms with E-state index >= 15 is 0 Å². The number of benzene rings is 1. The number of hydrogen-bond donors (Lipinski definition) is 3. The Hall–Kier alpha value is -3.32. The fourth-order valence-electron chi connectivity index (χ4n) is 2.58. The van der Waals surface area contributed by atoms with Gasteiger partial charge in [-0.05, 0) is 43.3 Å². The van der Waals surface area contributed by atoms with Crippen LogP contribution in [0.25, 0.3) is 22.6 Å². The average Bonchev–Trinajstić information content (AvgIpc) is 3.22. The third-order valence-electron chi connectivity index (χ3n) is 3.80. The molecule has 4 N–H and O–H groups in total. The van der Waals surface area contributed by atoms with Crippen molar-refractivity contribution in [2.75, 3.05) is 11.1 Å². The van der Waals surface area contributed by atoms with Gasteiger partial charge in [0.25, 0.3) is 5.91 Å². The lowest BCUT2D eigenvalue weighted by Gasteiger charge is -2.07. The minimum absolute atomic E-state index is 0.238. The molecule has 0 fully saturated rings. The number of carbonyl (C=O) groups excluding carboxylic acids is 1. The second kappa shape index (κ2) is 6.20. The summed E-state index contributed by atoms with van der Waals surface area (Å²) in [6.45, 7) is 1.78. The lowest BCUT2D eigenvalue weighted by molar-refractivity contribution is 0.0995. The van der Waals surface area contributed by atoms with Crippen LogP contribution in [0.5, 0.6) is 0 Å². The normalized spacial score (nSPS) is 11.0. The summed E-state index contributed by atoms with van der Waals surface area (Å²) in [7, 11) is 0. The number of carbonyl (C=O) groups is 1. The van der Waals surface area contributed by atoms with Crippen LogP contribution in [0.4, 0.5) is 11.4 Å². The summed E-state index contributed by atoms with van der Waals surface area (Å²) in [6.07, 6.45) is 1.54. The Kier molecular flexibility index (Phi) is 3.85. The van der Waals surface area contributed by atoms with Gasteiger partial charge in [0.05, 0.1) is 22.4 Å². The number of hydrogen-bond acceptors (Lipinski definition) is 5. The van der Waals surface area contributed by atoms with E-state index in [-0.39, 0.29) is 11.7 Å². The highest BCUT2D eigenvalue weighted by Crippen LogP contribution is 2.30. The SMILES string of the molecule is Cc1ccc(C(=O)Nc2ccc(Cl)c(-c3nc4ncc(N)cc4[nH]3)c2)o1. The fraction of sp³-hybridized carbons (Fsp3) is 0.0556. The van der Waals surface area contributed by atoms with Gasteiger partial charge < -0.3 is 20.5 Å². The Bertz CT molecular complexity index is 1130. The molecule has 0 unspecified atom stereocenters. The molecule has 0 aliphatic carbocycles. The second-order valence-corrected chi connectivity index (χ2v) is 6.19. The van der Waals surface area contributed by atoms with Crippen LogP contribution in [-0.4, -0.2) is 20.9 Å². The number of furan rings is 1. The van der Waals surface area contributed by atoms with Crippen molar-refractivity contribution in [2.24, 2.45) is 0 Å². The van der Waals surface area contributed by atoms with Gasteiger partial charge in [0.2, 0.25) is 0 Å². The quantitative estimate of drug-likeness (QED) is 0.506. The van der Waals surface area contributed by atoms with E-state index in [1.807, 2.05) is 0 Å². The van der Waals surface area contributed by atoms with Crippen molar-refractivity contribution in [3.05, 3.63) is 59.1 Å². The number of rotatable bonds is 3. The molecule has 4 rings (SSSR count). The van der Waals surface area contributed by atoms with E-state index < -0.39 is 0 Å². The Balaban J connectivity index is 1.68. The van der Waals surface area contributed by atoms with Crippen molar-refractivity contribution in [2.45, 2.75) is 6.92 Å². The van der Waals surface area contributed by atoms with E-state index in [1.165, 1.54) is 6.20 Å². The third-order valence-corrected chi connectivity index (χ3v) is 4.13. The van der Waals surface area contributed by atoms with E-state index in [9.17, 15) is 4.79 Å². The number of nitrogen functional groups attached to an aromatic ring is 1. The van der Waals surface area contributed by atoms with Crippen molar-refractivity contribution < 1.29 is 9.21 Å². The summed E-state index contributed by atoms with van der Waals surface area (Å²) >= 11 is 6.31. The van der Waals surface area contributed by atoms with Crippen LogP contribution in [0, 0.1) is 6.92 Å². The van der Waals surface area contributed by atoms with E-state index in [0.29, 0.717) is 44.7 Å². The molecule has 1 amide bonds. The number of H-pyrrole nitrogens is 1. The minimum Gasteiger partial charge on any atom is -0.456 e. The predicted molar refractivity (Wildman–Crippen MR) is 100 cm³/mol. The van der Waals surface area contributed by atoms with E-state index in [4.69, 9.17) is 21.8 Å². The zero-order valence-electron chi connectivity index (χ0n) is 13.7. The van der Waals surface area contributed by atoms with Crippen LogP contribution in [0.2, 0.25) is 5.02 Å². The predicted octanol–water partition coefficient (Wildman–Crippen LogP) is 4.01. The molecule has 0 spiro atoms. The van der Waals surface area contributed by atoms with E-state index in [2.05, 4.69) is 20.3 Å². The van der Waals surface area contributed by atoms with Gasteiger partial charge in [0.15, 0.2) is 11.4 Å². The molecule has 0 atom stereocenters. The number of pyridine rings is 1. The fourth-order valence-corrected chi connectivity index (χ4v) is 2.78. The maximum atomic E-state index is 12.3. The zero-order valence-corrected chi connectivity index (χ0v) is 14.5. The van der Waals surface area contributed by atoms with Crippen molar-refractivity contribution in [1.29, 1.82) is 0 Å². The van der Waals surface area contributed by atoms with Gasteiger partial charge in [0, 0.05) is 11.3 Å². The van der Waals surface area contributed by atoms with Gasteiger partial charge >= 0.3 is 0 Å². The molecule has 3 heterocycles. The first-order valence-electron chi connectivity index (χ1n) is 7.78. The molecule has 130 valence electrons. The Morgan fingerprint density at radius 3 is 2.88 bits per heavy atom. The third kappa shape index (κ3) is 3.00. The van der Waals surface area contributed by atoms with E-state index in [0.717, 1.165) is 0 Å². The van der Waals surface area contributed by atoms with Gasteiger partial charge in [-0.25, -0.2) is 9.97 Å². The number of nitrogens with one attached hydrogen (secondary N) is 2. The maximum Gasteiger partial charge on any atom is 0.291 e. The number of fused-ring (bicyclic) bond motifs is 1. The first kappa shape index (κ1) is 16.2. The number of aromatic amines is 1. The van der Waals surface area contributed by atoms with Gasteiger partial charge in [0.1, 0.15) is 11.6 Å². The zero-order chi connectivity index (χ0) is 18.3. The standard InChI is InChI=1S/C18H14ClN5O2/c1-9-2-5-15(26-9)18(25)22-11-3-4-13(19)12(7-11)16-23-14-6-10(20)8-21-17(14)24-16/h2-8H,20H2,1H3,(H,22,25)(H,21,23,24). The van der Waals surface area contributed by atoms with Gasteiger partial charge in [-0.2, -0.15) is 0 Å².